The number of hydrogen-bond acceptors (Lipinski definition) is 5. The predicted octanol–water partition coefficient (Wildman–Crippen LogP) is 3.07. The molecule has 1 heterocycles. The van der Waals surface area contributed by atoms with Gasteiger partial charge in [0.05, 0.1) is 23.9 Å². The van der Waals surface area contributed by atoms with Crippen LogP contribution in [0.3, 0.4) is 0 Å². The first-order valence-corrected chi connectivity index (χ1v) is 9.01. The quantitative estimate of drug-likeness (QED) is 0.535. The molecule has 0 aromatic heterocycles. The van der Waals surface area contributed by atoms with E-state index in [-0.39, 0.29) is 11.6 Å². The van der Waals surface area contributed by atoms with Crippen LogP contribution in [0.15, 0.2) is 35.9 Å². The van der Waals surface area contributed by atoms with Crippen molar-refractivity contribution in [3.05, 3.63) is 45.0 Å². The maximum Gasteiger partial charge on any atom is 0.189 e. The van der Waals surface area contributed by atoms with Crippen molar-refractivity contribution in [1.82, 2.24) is 4.90 Å². The summed E-state index contributed by atoms with van der Waals surface area (Å²) in [7, 11) is 1.99. The Morgan fingerprint density at radius 3 is 2.60 bits per heavy atom. The number of nitrogens with zero attached hydrogens (tertiary/aromatic N) is 4. The molecule has 0 saturated heterocycles. The molecular weight excluding hydrogens is 425 g/mol. The number of halogens is 1. The van der Waals surface area contributed by atoms with E-state index in [1.54, 1.807) is 0 Å². The zero-order valence-electron chi connectivity index (χ0n) is 13.7. The van der Waals surface area contributed by atoms with E-state index in [0.29, 0.717) is 13.1 Å². The minimum Gasteiger partial charge on any atom is -0.305 e. The van der Waals surface area contributed by atoms with Crippen molar-refractivity contribution in [3.8, 4) is 18.2 Å². The summed E-state index contributed by atoms with van der Waals surface area (Å²) in [6, 6.07) is 14.1. The van der Waals surface area contributed by atoms with Gasteiger partial charge in [0, 0.05) is 28.5 Å². The Morgan fingerprint density at radius 2 is 2.00 bits per heavy atom. The molecule has 0 amide bonds. The molecule has 1 N–H and O–H groups in total. The van der Waals surface area contributed by atoms with Crippen molar-refractivity contribution < 1.29 is 0 Å². The Labute approximate surface area is 160 Å². The van der Waals surface area contributed by atoms with Crippen molar-refractivity contribution in [2.75, 3.05) is 20.1 Å². The van der Waals surface area contributed by atoms with Crippen LogP contribution in [0.5, 0.6) is 0 Å². The van der Waals surface area contributed by atoms with Crippen molar-refractivity contribution in [1.29, 1.82) is 21.2 Å². The number of benzene rings is 1. The van der Waals surface area contributed by atoms with Crippen LogP contribution < -0.4 is 0 Å². The molecule has 1 fully saturated rings. The number of fused-ring (bicyclic) bond motifs is 1. The molecule has 25 heavy (non-hydrogen) atoms. The lowest BCUT2D eigenvalue weighted by Gasteiger charge is -2.47. The second kappa shape index (κ2) is 6.59. The second-order valence-corrected chi connectivity index (χ2v) is 7.82. The molecule has 1 aromatic carbocycles. The highest BCUT2D eigenvalue weighted by Crippen LogP contribution is 2.53. The van der Waals surface area contributed by atoms with E-state index in [2.05, 4.69) is 45.7 Å². The maximum atomic E-state index is 9.92. The molecule has 0 spiro atoms. The molecule has 1 saturated carbocycles. The van der Waals surface area contributed by atoms with E-state index in [1.807, 2.05) is 37.4 Å². The Hall–Kier alpha value is -2.21. The Balaban J connectivity index is 2.28. The molecule has 1 aliphatic carbocycles. The summed E-state index contributed by atoms with van der Waals surface area (Å²) in [5.74, 6) is -1.38. The van der Waals surface area contributed by atoms with Crippen molar-refractivity contribution in [2.45, 2.75) is 5.92 Å². The van der Waals surface area contributed by atoms with E-state index >= 15 is 0 Å². The standard InChI is InChI=1S/C19H16IN5/c1-25-6-5-14-15(8-21)18(24)19(10-22,11-23)17(16(14)9-25)12-3-2-4-13(20)7-12/h2-5,7,15-17,24H,6,9H2,1H3. The van der Waals surface area contributed by atoms with Gasteiger partial charge in [-0.05, 0) is 52.9 Å². The van der Waals surface area contributed by atoms with E-state index in [9.17, 15) is 15.8 Å². The van der Waals surface area contributed by atoms with Crippen molar-refractivity contribution in [3.63, 3.8) is 0 Å². The monoisotopic (exact) mass is 441 g/mol. The molecule has 3 atom stereocenters. The lowest BCUT2D eigenvalue weighted by atomic mass is 9.54. The van der Waals surface area contributed by atoms with Gasteiger partial charge in [-0.15, -0.1) is 0 Å². The van der Waals surface area contributed by atoms with Gasteiger partial charge in [-0.2, -0.15) is 15.8 Å². The van der Waals surface area contributed by atoms with Crippen molar-refractivity contribution >= 4 is 28.3 Å². The van der Waals surface area contributed by atoms with Gasteiger partial charge in [0.1, 0.15) is 5.92 Å². The van der Waals surface area contributed by atoms with Gasteiger partial charge < -0.3 is 10.3 Å². The molecule has 0 bridgehead atoms. The largest absolute Gasteiger partial charge is 0.305 e. The minimum absolute atomic E-state index is 0.0871. The topological polar surface area (TPSA) is 98.5 Å². The molecule has 124 valence electrons. The molecule has 5 nitrogen and oxygen atoms in total. The zero-order valence-corrected chi connectivity index (χ0v) is 15.9. The highest BCUT2D eigenvalue weighted by Gasteiger charge is 2.57. The zero-order chi connectivity index (χ0) is 18.2. The van der Waals surface area contributed by atoms with Gasteiger partial charge in [-0.1, -0.05) is 18.2 Å². The fourth-order valence-electron chi connectivity index (χ4n) is 4.03. The number of nitriles is 3. The first-order chi connectivity index (χ1) is 12.0. The SMILES string of the molecule is CN1CC=C2C(C#N)C(=N)C(C#N)(C#N)C(c3cccc(I)c3)C2C1. The normalized spacial score (nSPS) is 28.0. The molecule has 3 unspecified atom stereocenters. The fraction of sp³-hybridized carbons (Fsp3) is 0.368. The van der Waals surface area contributed by atoms with E-state index in [4.69, 9.17) is 5.41 Å². The molecule has 6 heteroatoms. The van der Waals surface area contributed by atoms with Crippen LogP contribution >= 0.6 is 22.6 Å². The minimum atomic E-state index is -1.62. The number of likely N-dealkylation sites (N-methyl/N-ethyl adjacent to an activating group) is 1. The summed E-state index contributed by atoms with van der Waals surface area (Å²) in [6.07, 6.45) is 2.00. The van der Waals surface area contributed by atoms with Crippen LogP contribution in [0.1, 0.15) is 11.5 Å². The van der Waals surface area contributed by atoms with Crippen LogP contribution in [0.25, 0.3) is 0 Å². The first-order valence-electron chi connectivity index (χ1n) is 7.93. The molecule has 2 aliphatic rings. The molecular formula is C19H16IN5. The lowest BCUT2D eigenvalue weighted by molar-refractivity contribution is 0.235. The molecule has 0 radical (unpaired) electrons. The lowest BCUT2D eigenvalue weighted by Crippen LogP contribution is -2.52. The average Bonchev–Trinajstić information content (AvgIpc) is 2.61. The third-order valence-corrected chi connectivity index (χ3v) is 5.85. The maximum absolute atomic E-state index is 9.92. The third kappa shape index (κ3) is 2.65. The Bertz CT molecular complexity index is 868. The van der Waals surface area contributed by atoms with Crippen LogP contribution in [-0.4, -0.2) is 30.7 Å². The first kappa shape index (κ1) is 17.6. The van der Waals surface area contributed by atoms with Crippen LogP contribution in [0.2, 0.25) is 0 Å². The third-order valence-electron chi connectivity index (χ3n) is 5.18. The summed E-state index contributed by atoms with van der Waals surface area (Å²) in [5.41, 5.74) is 0.0548. The van der Waals surface area contributed by atoms with E-state index in [1.165, 1.54) is 0 Å². The summed E-state index contributed by atoms with van der Waals surface area (Å²) in [6.45, 7) is 1.38. The average molecular weight is 441 g/mol. The smallest absolute Gasteiger partial charge is 0.189 e. The summed E-state index contributed by atoms with van der Waals surface area (Å²) in [4.78, 5) is 2.12. The molecule has 1 aliphatic heterocycles. The highest BCUT2D eigenvalue weighted by molar-refractivity contribution is 14.1. The van der Waals surface area contributed by atoms with Crippen molar-refractivity contribution in [2.24, 2.45) is 17.3 Å². The van der Waals surface area contributed by atoms with Crippen LogP contribution in [0, 0.1) is 60.2 Å². The van der Waals surface area contributed by atoms with Gasteiger partial charge in [0.25, 0.3) is 0 Å². The highest BCUT2D eigenvalue weighted by atomic mass is 127. The van der Waals surface area contributed by atoms with Crippen LogP contribution in [-0.2, 0) is 0 Å². The summed E-state index contributed by atoms with van der Waals surface area (Å²) >= 11 is 2.21. The van der Waals surface area contributed by atoms with Gasteiger partial charge in [0.2, 0.25) is 0 Å². The summed E-state index contributed by atoms with van der Waals surface area (Å²) < 4.78 is 1.02. The van der Waals surface area contributed by atoms with E-state index < -0.39 is 17.3 Å². The number of hydrogen-bond donors (Lipinski definition) is 1. The Kier molecular flexibility index (Phi) is 4.64. The predicted molar refractivity (Wildman–Crippen MR) is 101 cm³/mol. The molecule has 3 rings (SSSR count). The number of rotatable bonds is 1. The van der Waals surface area contributed by atoms with Crippen LogP contribution in [0.4, 0.5) is 0 Å². The fourth-order valence-corrected chi connectivity index (χ4v) is 4.59. The Morgan fingerprint density at radius 1 is 1.28 bits per heavy atom. The molecule has 1 aromatic rings. The van der Waals surface area contributed by atoms with Gasteiger partial charge >= 0.3 is 0 Å². The second-order valence-electron chi connectivity index (χ2n) is 6.57. The van der Waals surface area contributed by atoms with Gasteiger partial charge in [0.15, 0.2) is 5.41 Å². The summed E-state index contributed by atoms with van der Waals surface area (Å²) in [5, 5.41) is 38.0. The van der Waals surface area contributed by atoms with E-state index in [0.717, 1.165) is 14.7 Å². The number of nitrogens with one attached hydrogen (secondary N) is 1. The van der Waals surface area contributed by atoms with Gasteiger partial charge in [-0.3, -0.25) is 0 Å². The van der Waals surface area contributed by atoms with Gasteiger partial charge in [-0.25, -0.2) is 0 Å².